The van der Waals surface area contributed by atoms with Crippen LogP contribution in [0.2, 0.25) is 0 Å². The third-order valence-electron chi connectivity index (χ3n) is 10.5. The van der Waals surface area contributed by atoms with Crippen LogP contribution in [0.25, 0.3) is 11.6 Å². The third-order valence-corrected chi connectivity index (χ3v) is 10.5. The highest BCUT2D eigenvalue weighted by molar-refractivity contribution is 5.99. The molecule has 6 aromatic rings. The maximum absolute atomic E-state index is 6.29. The predicted octanol–water partition coefficient (Wildman–Crippen LogP) is 12.1. The first-order valence-corrected chi connectivity index (χ1v) is 17.6. The predicted molar refractivity (Wildman–Crippen MR) is 209 cm³/mol. The highest BCUT2D eigenvalue weighted by atomic mass is 16.5. The zero-order valence-corrected chi connectivity index (χ0v) is 28.9. The minimum Gasteiger partial charge on any atom is -0.457 e. The minimum atomic E-state index is -0.471. The molecule has 0 heterocycles. The second kappa shape index (κ2) is 12.9. The van der Waals surface area contributed by atoms with Gasteiger partial charge in [0.15, 0.2) is 0 Å². The molecule has 0 atom stereocenters. The topological polar surface area (TPSA) is 21.3 Å². The monoisotopic (exact) mass is 647 g/mol. The van der Waals surface area contributed by atoms with Crippen molar-refractivity contribution in [2.75, 3.05) is 5.32 Å². The van der Waals surface area contributed by atoms with Crippen molar-refractivity contribution >= 4 is 17.3 Å². The van der Waals surface area contributed by atoms with Crippen LogP contribution in [-0.2, 0) is 17.3 Å². The molecule has 0 amide bonds. The van der Waals surface area contributed by atoms with Crippen molar-refractivity contribution in [3.05, 3.63) is 220 Å². The van der Waals surface area contributed by atoms with Gasteiger partial charge in [-0.15, -0.1) is 0 Å². The summed E-state index contributed by atoms with van der Waals surface area (Å²) < 4.78 is 6.29. The fraction of sp³-hybridized carbons (Fsp3) is 0.125. The van der Waals surface area contributed by atoms with E-state index in [9.17, 15) is 0 Å². The van der Waals surface area contributed by atoms with Crippen LogP contribution in [0.1, 0.15) is 65.3 Å². The number of rotatable bonds is 7. The van der Waals surface area contributed by atoms with Crippen LogP contribution in [0.5, 0.6) is 11.5 Å². The van der Waals surface area contributed by atoms with Gasteiger partial charge in [-0.1, -0.05) is 154 Å². The molecule has 8 rings (SSSR count). The molecule has 2 heteroatoms. The molecule has 0 saturated heterocycles. The minimum absolute atomic E-state index is 0.142. The molecule has 0 bridgehead atoms. The van der Waals surface area contributed by atoms with E-state index < -0.39 is 5.41 Å². The van der Waals surface area contributed by atoms with Gasteiger partial charge in [-0.25, -0.2) is 0 Å². The Morgan fingerprint density at radius 2 is 1.18 bits per heavy atom. The van der Waals surface area contributed by atoms with Crippen LogP contribution >= 0.6 is 0 Å². The third kappa shape index (κ3) is 5.11. The molecule has 0 saturated carbocycles. The number of hydrogen-bond acceptors (Lipinski definition) is 2. The molecule has 1 spiro atoms. The van der Waals surface area contributed by atoms with E-state index in [0.29, 0.717) is 0 Å². The van der Waals surface area contributed by atoms with Gasteiger partial charge in [-0.3, -0.25) is 0 Å². The maximum Gasteiger partial charge on any atom is 0.132 e. The molecule has 244 valence electrons. The summed E-state index contributed by atoms with van der Waals surface area (Å²) in [5, 5.41) is 3.59. The molecule has 0 aromatic heterocycles. The average molecular weight is 648 g/mol. The van der Waals surface area contributed by atoms with Gasteiger partial charge in [0.25, 0.3) is 0 Å². The van der Waals surface area contributed by atoms with Crippen LogP contribution in [0, 0.1) is 0 Å². The Morgan fingerprint density at radius 3 is 1.84 bits per heavy atom. The van der Waals surface area contributed by atoms with Crippen LogP contribution in [0.4, 0.5) is 5.69 Å². The summed E-state index contributed by atoms with van der Waals surface area (Å²) in [6, 6.07) is 54.1. The average Bonchev–Trinajstić information content (AvgIpc) is 3.42. The molecule has 0 fully saturated rings. The number of para-hydroxylation sites is 1. The number of anilines is 1. The SMILES string of the molecule is CCc1c(N/C=C/C=C2\C(=C/c3ccccc3)C3(c4ccccc42)c2ccccc2C(C)(C)c2ccccc23)cccc1Oc1ccccc1. The van der Waals surface area contributed by atoms with Crippen molar-refractivity contribution in [2.45, 2.75) is 38.0 Å². The number of nitrogens with one attached hydrogen (secondary N) is 1. The first kappa shape index (κ1) is 31.4. The Bertz CT molecular complexity index is 2220. The number of ether oxygens (including phenoxy) is 1. The lowest BCUT2D eigenvalue weighted by molar-refractivity contribution is 0.477. The molecule has 0 aliphatic heterocycles. The summed E-state index contributed by atoms with van der Waals surface area (Å²) in [6.45, 7) is 6.91. The zero-order chi connectivity index (χ0) is 34.1. The highest BCUT2D eigenvalue weighted by Gasteiger charge is 2.54. The summed E-state index contributed by atoms with van der Waals surface area (Å²) in [6.07, 6.45) is 9.75. The second-order valence-corrected chi connectivity index (χ2v) is 13.6. The quantitative estimate of drug-likeness (QED) is 0.186. The molecule has 6 aromatic carbocycles. The van der Waals surface area contributed by atoms with Crippen molar-refractivity contribution in [2.24, 2.45) is 0 Å². The van der Waals surface area contributed by atoms with E-state index in [1.54, 1.807) is 0 Å². The van der Waals surface area contributed by atoms with Crippen LogP contribution in [0.15, 0.2) is 176 Å². The Kier molecular flexibility index (Phi) is 8.09. The van der Waals surface area contributed by atoms with Gasteiger partial charge in [0.1, 0.15) is 11.5 Å². The lowest BCUT2D eigenvalue weighted by Crippen LogP contribution is -2.40. The molecular formula is C48H41NO. The molecule has 50 heavy (non-hydrogen) atoms. The van der Waals surface area contributed by atoms with Crippen molar-refractivity contribution < 1.29 is 4.74 Å². The second-order valence-electron chi connectivity index (χ2n) is 13.6. The first-order valence-electron chi connectivity index (χ1n) is 17.6. The van der Waals surface area contributed by atoms with Gasteiger partial charge in [0, 0.05) is 22.9 Å². The number of allylic oxidation sites excluding steroid dienone is 4. The normalized spacial score (nSPS) is 16.7. The van der Waals surface area contributed by atoms with Gasteiger partial charge in [-0.05, 0) is 92.9 Å². The molecular weight excluding hydrogens is 607 g/mol. The molecule has 0 radical (unpaired) electrons. The van der Waals surface area contributed by atoms with Gasteiger partial charge in [0.2, 0.25) is 0 Å². The van der Waals surface area contributed by atoms with E-state index in [1.807, 2.05) is 48.7 Å². The molecule has 2 nitrogen and oxygen atoms in total. The Balaban J connectivity index is 1.28. The molecule has 2 aliphatic carbocycles. The van der Waals surface area contributed by atoms with E-state index in [-0.39, 0.29) is 5.41 Å². The van der Waals surface area contributed by atoms with Crippen molar-refractivity contribution in [3.8, 4) is 11.5 Å². The number of benzene rings is 6. The maximum atomic E-state index is 6.29. The first-order chi connectivity index (χ1) is 24.5. The fourth-order valence-corrected chi connectivity index (χ4v) is 8.26. The van der Waals surface area contributed by atoms with Crippen LogP contribution < -0.4 is 10.1 Å². The molecule has 2 aliphatic rings. The zero-order valence-electron chi connectivity index (χ0n) is 28.9. The fourth-order valence-electron chi connectivity index (χ4n) is 8.26. The van der Waals surface area contributed by atoms with Gasteiger partial charge < -0.3 is 10.1 Å². The molecule has 1 N–H and O–H groups in total. The van der Waals surface area contributed by atoms with E-state index in [2.05, 4.69) is 154 Å². The van der Waals surface area contributed by atoms with E-state index in [1.165, 1.54) is 50.1 Å². The highest BCUT2D eigenvalue weighted by Crippen LogP contribution is 2.63. The summed E-state index contributed by atoms with van der Waals surface area (Å²) in [4.78, 5) is 0. The van der Waals surface area contributed by atoms with Crippen LogP contribution in [0.3, 0.4) is 0 Å². The van der Waals surface area contributed by atoms with E-state index >= 15 is 0 Å². The lowest BCUT2D eigenvalue weighted by Gasteiger charge is -2.46. The Labute approximate surface area is 296 Å². The van der Waals surface area contributed by atoms with Crippen LogP contribution in [-0.4, -0.2) is 0 Å². The van der Waals surface area contributed by atoms with Gasteiger partial charge in [-0.2, -0.15) is 0 Å². The number of fused-ring (bicyclic) bond motifs is 6. The lowest BCUT2D eigenvalue weighted by atomic mass is 9.55. The van der Waals surface area contributed by atoms with E-state index in [0.717, 1.165) is 29.2 Å². The largest absolute Gasteiger partial charge is 0.457 e. The van der Waals surface area contributed by atoms with Crippen molar-refractivity contribution in [1.29, 1.82) is 0 Å². The van der Waals surface area contributed by atoms with Crippen molar-refractivity contribution in [1.82, 2.24) is 0 Å². The summed E-state index contributed by atoms with van der Waals surface area (Å²) in [5.74, 6) is 1.70. The molecule has 0 unspecified atom stereocenters. The summed E-state index contributed by atoms with van der Waals surface area (Å²) >= 11 is 0. The van der Waals surface area contributed by atoms with Crippen molar-refractivity contribution in [3.63, 3.8) is 0 Å². The Hall–Kier alpha value is -5.86. The van der Waals surface area contributed by atoms with E-state index in [4.69, 9.17) is 4.74 Å². The standard InChI is InChI=1S/C48H41NO/c1-4-36-45(30-17-31-46(36)50-35-21-9-6-10-22-35)49-32-18-24-38-37-23-11-12-25-39(37)48(44(38)33-34-19-7-5-8-20-34)42-28-15-13-26-40(42)47(2,3)41-27-14-16-29-43(41)48/h5-33,49H,4H2,1-3H3/b32-18+,38-24-,44-33+. The summed E-state index contributed by atoms with van der Waals surface area (Å²) in [7, 11) is 0. The van der Waals surface area contributed by atoms with Gasteiger partial charge >= 0.3 is 0 Å². The smallest absolute Gasteiger partial charge is 0.132 e. The Morgan fingerprint density at radius 1 is 0.600 bits per heavy atom. The summed E-state index contributed by atoms with van der Waals surface area (Å²) in [5.41, 5.74) is 13.3. The number of hydrogen-bond donors (Lipinski definition) is 1. The van der Waals surface area contributed by atoms with Gasteiger partial charge in [0.05, 0.1) is 5.41 Å².